The first-order valence-corrected chi connectivity index (χ1v) is 7.42. The molecule has 1 aliphatic heterocycles. The third-order valence-corrected chi connectivity index (χ3v) is 4.23. The van der Waals surface area contributed by atoms with Crippen LogP contribution in [0.2, 0.25) is 5.02 Å². The van der Waals surface area contributed by atoms with Crippen molar-refractivity contribution in [3.8, 4) is 0 Å². The van der Waals surface area contributed by atoms with Crippen LogP contribution in [0.4, 0.5) is 15.8 Å². The number of anilines is 2. The molecule has 2 aromatic rings. The highest BCUT2D eigenvalue weighted by molar-refractivity contribution is 6.33. The standard InChI is InChI=1S/C15H16ClFN4O/c1-19-15(22)14(16)13(10-18-19)21-8-6-20(7-9-21)12-5-3-2-4-11(12)17/h2-5,10H,6-9H2,1H3. The summed E-state index contributed by atoms with van der Waals surface area (Å²) < 4.78 is 15.0. The van der Waals surface area contributed by atoms with Crippen molar-refractivity contribution in [3.63, 3.8) is 0 Å². The minimum atomic E-state index is -0.310. The third-order valence-electron chi connectivity index (χ3n) is 3.87. The van der Waals surface area contributed by atoms with Crippen LogP contribution in [0.15, 0.2) is 35.3 Å². The lowest BCUT2D eigenvalue weighted by Crippen LogP contribution is -2.47. The Morgan fingerprint density at radius 2 is 1.68 bits per heavy atom. The molecule has 5 nitrogen and oxygen atoms in total. The van der Waals surface area contributed by atoms with Crippen LogP contribution in [0.5, 0.6) is 0 Å². The molecular formula is C15H16ClFN4O. The van der Waals surface area contributed by atoms with Crippen LogP contribution in [0.25, 0.3) is 0 Å². The number of para-hydroxylation sites is 1. The molecule has 1 fully saturated rings. The fourth-order valence-corrected chi connectivity index (χ4v) is 2.91. The van der Waals surface area contributed by atoms with Crippen molar-refractivity contribution in [1.82, 2.24) is 9.78 Å². The normalized spacial score (nSPS) is 15.2. The molecule has 1 aromatic heterocycles. The predicted molar refractivity (Wildman–Crippen MR) is 85.3 cm³/mol. The number of hydrogen-bond acceptors (Lipinski definition) is 4. The molecule has 0 N–H and O–H groups in total. The number of aryl methyl sites for hydroxylation is 1. The van der Waals surface area contributed by atoms with E-state index in [0.717, 1.165) is 0 Å². The third kappa shape index (κ3) is 2.66. The van der Waals surface area contributed by atoms with Crippen LogP contribution >= 0.6 is 11.6 Å². The number of hydrogen-bond donors (Lipinski definition) is 0. The zero-order valence-corrected chi connectivity index (χ0v) is 12.9. The molecule has 0 bridgehead atoms. The van der Waals surface area contributed by atoms with E-state index in [1.165, 1.54) is 10.7 Å². The van der Waals surface area contributed by atoms with E-state index in [1.54, 1.807) is 25.4 Å². The van der Waals surface area contributed by atoms with Gasteiger partial charge >= 0.3 is 0 Å². The van der Waals surface area contributed by atoms with Crippen LogP contribution in [0.3, 0.4) is 0 Å². The maximum Gasteiger partial charge on any atom is 0.287 e. The van der Waals surface area contributed by atoms with Gasteiger partial charge in [-0.25, -0.2) is 9.07 Å². The van der Waals surface area contributed by atoms with Crippen molar-refractivity contribution in [3.05, 3.63) is 51.7 Å². The molecule has 3 rings (SSSR count). The Morgan fingerprint density at radius 1 is 1.09 bits per heavy atom. The molecule has 22 heavy (non-hydrogen) atoms. The summed E-state index contributed by atoms with van der Waals surface area (Å²) in [5.74, 6) is -0.218. The molecule has 2 heterocycles. The summed E-state index contributed by atoms with van der Waals surface area (Å²) in [6.07, 6.45) is 1.60. The Balaban J connectivity index is 1.76. The molecule has 0 saturated carbocycles. The topological polar surface area (TPSA) is 41.4 Å². The maximum absolute atomic E-state index is 13.8. The maximum atomic E-state index is 13.8. The molecule has 0 aliphatic carbocycles. The first-order chi connectivity index (χ1) is 10.6. The van der Waals surface area contributed by atoms with Crippen molar-refractivity contribution >= 4 is 23.0 Å². The molecule has 0 unspecified atom stereocenters. The molecule has 0 atom stereocenters. The Bertz CT molecular complexity index is 741. The number of halogens is 2. The Morgan fingerprint density at radius 3 is 2.32 bits per heavy atom. The first kappa shape index (κ1) is 14.8. The van der Waals surface area contributed by atoms with Crippen molar-refractivity contribution in [1.29, 1.82) is 0 Å². The largest absolute Gasteiger partial charge is 0.366 e. The summed E-state index contributed by atoms with van der Waals surface area (Å²) in [5.41, 5.74) is 0.934. The Kier molecular flexibility index (Phi) is 4.02. The van der Waals surface area contributed by atoms with E-state index in [2.05, 4.69) is 5.10 Å². The van der Waals surface area contributed by atoms with Gasteiger partial charge in [0.05, 0.1) is 17.6 Å². The van der Waals surface area contributed by atoms with Gasteiger partial charge < -0.3 is 9.80 Å². The summed E-state index contributed by atoms with van der Waals surface area (Å²) in [6, 6.07) is 6.74. The van der Waals surface area contributed by atoms with Gasteiger partial charge in [-0.15, -0.1) is 0 Å². The lowest BCUT2D eigenvalue weighted by atomic mass is 10.2. The second kappa shape index (κ2) is 5.96. The molecule has 0 radical (unpaired) electrons. The minimum Gasteiger partial charge on any atom is -0.366 e. The molecular weight excluding hydrogens is 307 g/mol. The van der Waals surface area contributed by atoms with E-state index in [9.17, 15) is 9.18 Å². The minimum absolute atomic E-state index is 0.178. The van der Waals surface area contributed by atoms with Gasteiger partial charge in [0.1, 0.15) is 10.8 Å². The molecule has 1 saturated heterocycles. The highest BCUT2D eigenvalue weighted by Gasteiger charge is 2.22. The average molecular weight is 323 g/mol. The number of benzene rings is 1. The van der Waals surface area contributed by atoms with Gasteiger partial charge in [-0.1, -0.05) is 23.7 Å². The lowest BCUT2D eigenvalue weighted by molar-refractivity contribution is 0.596. The number of rotatable bonds is 2. The molecule has 116 valence electrons. The summed E-state index contributed by atoms with van der Waals surface area (Å²) in [4.78, 5) is 15.8. The summed E-state index contributed by atoms with van der Waals surface area (Å²) in [5, 5.41) is 4.19. The van der Waals surface area contributed by atoms with Crippen molar-refractivity contribution in [2.24, 2.45) is 7.05 Å². The molecule has 1 aliphatic rings. The second-order valence-electron chi connectivity index (χ2n) is 5.20. The van der Waals surface area contributed by atoms with Gasteiger partial charge in [-0.3, -0.25) is 4.79 Å². The number of nitrogens with zero attached hydrogens (tertiary/aromatic N) is 4. The fraction of sp³-hybridized carbons (Fsp3) is 0.333. The lowest BCUT2D eigenvalue weighted by Gasteiger charge is -2.37. The van der Waals surface area contributed by atoms with Gasteiger partial charge in [0, 0.05) is 33.2 Å². The smallest absolute Gasteiger partial charge is 0.287 e. The van der Waals surface area contributed by atoms with Crippen LogP contribution in [0, 0.1) is 5.82 Å². The fourth-order valence-electron chi connectivity index (χ4n) is 2.62. The van der Waals surface area contributed by atoms with Crippen LogP contribution < -0.4 is 15.4 Å². The van der Waals surface area contributed by atoms with E-state index in [-0.39, 0.29) is 16.4 Å². The quantitative estimate of drug-likeness (QED) is 0.847. The van der Waals surface area contributed by atoms with Crippen molar-refractivity contribution < 1.29 is 4.39 Å². The number of piperazine rings is 1. The van der Waals surface area contributed by atoms with E-state index in [1.807, 2.05) is 15.9 Å². The summed E-state index contributed by atoms with van der Waals surface area (Å²) in [7, 11) is 1.56. The Labute approximate surface area is 132 Å². The van der Waals surface area contributed by atoms with Gasteiger partial charge in [0.2, 0.25) is 0 Å². The summed E-state index contributed by atoms with van der Waals surface area (Å²) >= 11 is 6.12. The number of aromatic nitrogens is 2. The van der Waals surface area contributed by atoms with Crippen LogP contribution in [-0.4, -0.2) is 36.0 Å². The zero-order chi connectivity index (χ0) is 15.7. The van der Waals surface area contributed by atoms with Gasteiger partial charge in [-0.05, 0) is 12.1 Å². The second-order valence-corrected chi connectivity index (χ2v) is 5.58. The summed E-state index contributed by atoms with van der Waals surface area (Å²) in [6.45, 7) is 2.63. The zero-order valence-electron chi connectivity index (χ0n) is 12.2. The molecule has 0 spiro atoms. The van der Waals surface area contributed by atoms with E-state index < -0.39 is 0 Å². The predicted octanol–water partition coefficient (Wildman–Crippen LogP) is 1.90. The van der Waals surface area contributed by atoms with Gasteiger partial charge in [0.25, 0.3) is 5.56 Å². The molecule has 1 aromatic carbocycles. The van der Waals surface area contributed by atoms with Crippen LogP contribution in [0.1, 0.15) is 0 Å². The van der Waals surface area contributed by atoms with Crippen LogP contribution in [-0.2, 0) is 7.05 Å². The van der Waals surface area contributed by atoms with Gasteiger partial charge in [-0.2, -0.15) is 5.10 Å². The van der Waals surface area contributed by atoms with E-state index >= 15 is 0 Å². The monoisotopic (exact) mass is 322 g/mol. The van der Waals surface area contributed by atoms with E-state index in [0.29, 0.717) is 37.6 Å². The highest BCUT2D eigenvalue weighted by atomic mass is 35.5. The van der Waals surface area contributed by atoms with Crippen molar-refractivity contribution in [2.45, 2.75) is 0 Å². The van der Waals surface area contributed by atoms with Crippen molar-refractivity contribution in [2.75, 3.05) is 36.0 Å². The Hall–Kier alpha value is -2.08. The first-order valence-electron chi connectivity index (χ1n) is 7.04. The molecule has 7 heteroatoms. The van der Waals surface area contributed by atoms with E-state index in [4.69, 9.17) is 11.6 Å². The highest BCUT2D eigenvalue weighted by Crippen LogP contribution is 2.25. The average Bonchev–Trinajstić information content (AvgIpc) is 2.54. The molecule has 0 amide bonds. The van der Waals surface area contributed by atoms with Gasteiger partial charge in [0.15, 0.2) is 0 Å². The SMILES string of the molecule is Cn1ncc(N2CCN(c3ccccc3F)CC2)c(Cl)c1=O.